The van der Waals surface area contributed by atoms with Crippen molar-refractivity contribution in [2.45, 2.75) is 40.2 Å². The molecular weight excluding hydrogens is 330 g/mol. The summed E-state index contributed by atoms with van der Waals surface area (Å²) >= 11 is -1.69. The molecule has 0 saturated heterocycles. The second kappa shape index (κ2) is 6.59. The molecule has 4 heteroatoms. The van der Waals surface area contributed by atoms with E-state index < -0.39 is 17.8 Å². The molecule has 1 aliphatic rings. The van der Waals surface area contributed by atoms with E-state index in [2.05, 4.69) is 87.2 Å². The Kier molecular flexibility index (Phi) is 5.83. The zero-order chi connectivity index (χ0) is 15.7. The molecule has 1 aliphatic carbocycles. The van der Waals surface area contributed by atoms with Crippen molar-refractivity contribution < 1.29 is 17.8 Å². The Labute approximate surface area is 131 Å². The van der Waals surface area contributed by atoms with Gasteiger partial charge in [0.1, 0.15) is 0 Å². The molecule has 0 radical (unpaired) electrons. The van der Waals surface area contributed by atoms with Crippen LogP contribution in [0.2, 0.25) is 0 Å². The first kappa shape index (κ1) is 17.7. The average Bonchev–Trinajstić information content (AvgIpc) is 2.58. The summed E-state index contributed by atoms with van der Waals surface area (Å²) in [5, 5.41) is 3.69. The van der Waals surface area contributed by atoms with Gasteiger partial charge >= 0.3 is 131 Å². The van der Waals surface area contributed by atoms with E-state index in [4.69, 9.17) is 0 Å². The maximum absolute atomic E-state index is 3.69. The number of rotatable bonds is 4. The molecular formula is C16H30MoN3. The number of hydrogen-bond donors (Lipinski definition) is 1. The van der Waals surface area contributed by atoms with Crippen LogP contribution in [-0.4, -0.2) is 40.6 Å². The van der Waals surface area contributed by atoms with E-state index in [0.717, 1.165) is 0 Å². The van der Waals surface area contributed by atoms with E-state index >= 15 is 0 Å². The van der Waals surface area contributed by atoms with Crippen molar-refractivity contribution in [3.8, 4) is 0 Å². The first-order valence-corrected chi connectivity index (χ1v) is 9.82. The molecule has 0 aromatic carbocycles. The van der Waals surface area contributed by atoms with Crippen molar-refractivity contribution in [3.63, 3.8) is 0 Å². The summed E-state index contributed by atoms with van der Waals surface area (Å²) in [6.07, 6.45) is 4.53. The quantitative estimate of drug-likeness (QED) is 0.778. The summed E-state index contributed by atoms with van der Waals surface area (Å²) in [4.78, 5) is 0. The van der Waals surface area contributed by atoms with Gasteiger partial charge in [0, 0.05) is 0 Å². The Hall–Kier alpha value is -0.372. The molecule has 0 aromatic heterocycles. The summed E-state index contributed by atoms with van der Waals surface area (Å²) in [6.45, 7) is 11.1. The molecule has 0 fully saturated rings. The first-order valence-electron chi connectivity index (χ1n) is 7.02. The number of nitrogens with one attached hydrogen (secondary N) is 1. The number of allylic oxidation sites excluding steroid dienone is 5. The van der Waals surface area contributed by atoms with Crippen LogP contribution in [0.3, 0.4) is 0 Å². The van der Waals surface area contributed by atoms with Gasteiger partial charge in [-0.05, 0) is 0 Å². The fourth-order valence-electron chi connectivity index (χ4n) is 2.25. The molecule has 0 amide bonds. The van der Waals surface area contributed by atoms with Crippen LogP contribution in [0.25, 0.3) is 0 Å². The van der Waals surface area contributed by atoms with Gasteiger partial charge in [0.2, 0.25) is 0 Å². The molecule has 0 heterocycles. The Balaban J connectivity index is 3.36. The van der Waals surface area contributed by atoms with Gasteiger partial charge in [-0.1, -0.05) is 0 Å². The van der Waals surface area contributed by atoms with Crippen molar-refractivity contribution in [3.05, 3.63) is 33.0 Å². The second-order valence-corrected chi connectivity index (χ2v) is 12.6. The molecule has 3 nitrogen and oxygen atoms in total. The van der Waals surface area contributed by atoms with E-state index in [0.29, 0.717) is 0 Å². The summed E-state index contributed by atoms with van der Waals surface area (Å²) in [5.41, 5.74) is 4.23. The first-order chi connectivity index (χ1) is 9.04. The van der Waals surface area contributed by atoms with Gasteiger partial charge in [-0.2, -0.15) is 0 Å². The van der Waals surface area contributed by atoms with Crippen LogP contribution < -0.4 is 5.32 Å². The Morgan fingerprint density at radius 1 is 1.00 bits per heavy atom. The second-order valence-electron chi connectivity index (χ2n) is 6.75. The van der Waals surface area contributed by atoms with Gasteiger partial charge in [0.25, 0.3) is 0 Å². The van der Waals surface area contributed by atoms with Crippen LogP contribution >= 0.6 is 0 Å². The molecule has 0 bridgehead atoms. The Morgan fingerprint density at radius 2 is 1.50 bits per heavy atom. The van der Waals surface area contributed by atoms with E-state index in [9.17, 15) is 0 Å². The molecule has 0 saturated carbocycles. The molecule has 0 aliphatic heterocycles. The monoisotopic (exact) mass is 362 g/mol. The van der Waals surface area contributed by atoms with Gasteiger partial charge < -0.3 is 0 Å². The zero-order valence-electron chi connectivity index (χ0n) is 14.5. The van der Waals surface area contributed by atoms with E-state index in [1.807, 2.05) is 0 Å². The average molecular weight is 360 g/mol. The maximum atomic E-state index is 3.69. The van der Waals surface area contributed by atoms with Crippen LogP contribution in [0.5, 0.6) is 0 Å². The van der Waals surface area contributed by atoms with Gasteiger partial charge in [0.05, 0.1) is 0 Å². The van der Waals surface area contributed by atoms with Gasteiger partial charge in [0.15, 0.2) is 0 Å². The molecule has 115 valence electrons. The standard InChI is InChI=1S/C12H18N.2C2H6N.Mo/c1-9(2)10-6-7-11(8-10)13-12(3,4)5;2*1-3-2;/h6-7,13H,1-5H3;2*1-2H3;/q;2*-1;+2. The normalized spacial score (nSPS) is 16.1. The third-order valence-electron chi connectivity index (χ3n) is 2.83. The molecule has 0 atom stereocenters. The molecule has 20 heavy (non-hydrogen) atoms. The van der Waals surface area contributed by atoms with Crippen molar-refractivity contribution in [2.24, 2.45) is 0 Å². The number of hydrogen-bond acceptors (Lipinski definition) is 3. The third kappa shape index (κ3) is 4.31. The molecule has 0 aromatic rings. The molecule has 1 rings (SSSR count). The van der Waals surface area contributed by atoms with Gasteiger partial charge in [-0.3, -0.25) is 0 Å². The van der Waals surface area contributed by atoms with Crippen LogP contribution in [-0.2, 0) is 17.8 Å². The SMILES string of the molecule is CC(C)=C1C=CC(NC(C)(C)C)=[C]1[Mo]([N](C)C)[N](C)C. The van der Waals surface area contributed by atoms with Crippen LogP contribution in [0, 0.1) is 0 Å². The number of nitrogens with zero attached hydrogens (tertiary/aromatic N) is 2. The molecule has 0 spiro atoms. The summed E-state index contributed by atoms with van der Waals surface area (Å²) in [7, 11) is 8.83. The Bertz CT molecular complexity index is 439. The zero-order valence-corrected chi connectivity index (χ0v) is 16.5. The summed E-state index contributed by atoms with van der Waals surface area (Å²) < 4.78 is 6.40. The predicted octanol–water partition coefficient (Wildman–Crippen LogP) is 3.06. The van der Waals surface area contributed by atoms with E-state index in [1.54, 1.807) is 3.96 Å². The van der Waals surface area contributed by atoms with Gasteiger partial charge in [-0.25, -0.2) is 0 Å². The molecule has 1 N–H and O–H groups in total. The predicted molar refractivity (Wildman–Crippen MR) is 84.8 cm³/mol. The Morgan fingerprint density at radius 3 is 1.85 bits per heavy atom. The minimum absolute atomic E-state index is 0.0879. The fraction of sp³-hybridized carbons (Fsp3) is 0.625. The summed E-state index contributed by atoms with van der Waals surface area (Å²) in [6, 6.07) is 0. The summed E-state index contributed by atoms with van der Waals surface area (Å²) in [5.74, 6) is 0. The van der Waals surface area contributed by atoms with Crippen molar-refractivity contribution in [1.82, 2.24) is 12.2 Å². The van der Waals surface area contributed by atoms with Crippen molar-refractivity contribution in [1.29, 1.82) is 0 Å². The van der Waals surface area contributed by atoms with Crippen molar-refractivity contribution in [2.75, 3.05) is 28.2 Å². The van der Waals surface area contributed by atoms with Crippen molar-refractivity contribution >= 4 is 0 Å². The van der Waals surface area contributed by atoms with E-state index in [-0.39, 0.29) is 5.54 Å². The van der Waals surface area contributed by atoms with E-state index in [1.165, 1.54) is 16.8 Å². The van der Waals surface area contributed by atoms with Crippen LogP contribution in [0.15, 0.2) is 33.0 Å². The third-order valence-corrected chi connectivity index (χ3v) is 8.21. The fourth-order valence-corrected chi connectivity index (χ4v) is 7.58. The van der Waals surface area contributed by atoms with Gasteiger partial charge in [-0.15, -0.1) is 0 Å². The molecule has 0 unspecified atom stereocenters. The van der Waals surface area contributed by atoms with Crippen LogP contribution in [0.4, 0.5) is 0 Å². The topological polar surface area (TPSA) is 18.5 Å². The van der Waals surface area contributed by atoms with Crippen LogP contribution in [0.1, 0.15) is 34.6 Å². The minimum atomic E-state index is -1.69.